The van der Waals surface area contributed by atoms with E-state index in [1.807, 2.05) is 17.7 Å². The number of aromatic nitrogens is 3. The summed E-state index contributed by atoms with van der Waals surface area (Å²) in [6.07, 6.45) is 3.94. The number of rotatable bonds is 5. The fourth-order valence-electron chi connectivity index (χ4n) is 4.88. The molecule has 8 heteroatoms. The van der Waals surface area contributed by atoms with Gasteiger partial charge in [0.2, 0.25) is 0 Å². The highest BCUT2D eigenvalue weighted by molar-refractivity contribution is 6.30. The maximum Gasteiger partial charge on any atom is 0.252 e. The first-order valence-corrected chi connectivity index (χ1v) is 11.2. The molecule has 162 valence electrons. The van der Waals surface area contributed by atoms with Gasteiger partial charge in [-0.1, -0.05) is 17.7 Å². The lowest BCUT2D eigenvalue weighted by Crippen LogP contribution is -2.44. The SMILES string of the molecule is Cc1cc(CNC2CCN(CC3Cn4c(=O)ccc5ccc(=O)n3c54)CC2)cnc1Cl. The van der Waals surface area contributed by atoms with Crippen LogP contribution in [0.25, 0.3) is 11.0 Å². The molecule has 5 heterocycles. The minimum atomic E-state index is -0.0378. The molecule has 1 saturated heterocycles. The molecule has 31 heavy (non-hydrogen) atoms. The molecule has 0 bridgehead atoms. The third-order valence-electron chi connectivity index (χ3n) is 6.54. The number of piperidine rings is 1. The Morgan fingerprint density at radius 2 is 1.87 bits per heavy atom. The van der Waals surface area contributed by atoms with E-state index in [9.17, 15) is 9.59 Å². The normalized spacial score (nSPS) is 19.4. The molecule has 1 unspecified atom stereocenters. The van der Waals surface area contributed by atoms with Crippen LogP contribution in [-0.4, -0.2) is 44.7 Å². The second-order valence-corrected chi connectivity index (χ2v) is 9.02. The van der Waals surface area contributed by atoms with Gasteiger partial charge in [0.25, 0.3) is 11.1 Å². The summed E-state index contributed by atoms with van der Waals surface area (Å²) < 4.78 is 3.56. The van der Waals surface area contributed by atoms with E-state index in [0.717, 1.165) is 61.2 Å². The summed E-state index contributed by atoms with van der Waals surface area (Å²) in [6.45, 7) is 6.06. The predicted octanol–water partition coefficient (Wildman–Crippen LogP) is 2.33. The molecule has 7 nitrogen and oxygen atoms in total. The number of hydrogen-bond acceptors (Lipinski definition) is 5. The summed E-state index contributed by atoms with van der Waals surface area (Å²) in [4.78, 5) is 31.6. The number of hydrogen-bond donors (Lipinski definition) is 1. The molecule has 5 rings (SSSR count). The molecule has 0 radical (unpaired) electrons. The zero-order chi connectivity index (χ0) is 21.5. The van der Waals surface area contributed by atoms with Crippen LogP contribution in [0.5, 0.6) is 0 Å². The number of halogens is 1. The summed E-state index contributed by atoms with van der Waals surface area (Å²) >= 11 is 6.01. The van der Waals surface area contributed by atoms with E-state index in [0.29, 0.717) is 17.7 Å². The number of nitrogens with zero attached hydrogens (tertiary/aromatic N) is 4. The molecule has 0 saturated carbocycles. The van der Waals surface area contributed by atoms with Crippen LogP contribution in [-0.2, 0) is 13.1 Å². The second-order valence-electron chi connectivity index (χ2n) is 8.66. The highest BCUT2D eigenvalue weighted by Crippen LogP contribution is 2.25. The molecule has 2 aliphatic rings. The van der Waals surface area contributed by atoms with Gasteiger partial charge >= 0.3 is 0 Å². The van der Waals surface area contributed by atoms with Crippen molar-refractivity contribution in [1.82, 2.24) is 24.3 Å². The summed E-state index contributed by atoms with van der Waals surface area (Å²) in [5, 5.41) is 5.13. The molecular weight excluding hydrogens is 414 g/mol. The largest absolute Gasteiger partial charge is 0.310 e. The maximum absolute atomic E-state index is 12.6. The average Bonchev–Trinajstić information content (AvgIpc) is 3.15. The van der Waals surface area contributed by atoms with Gasteiger partial charge < -0.3 is 10.2 Å². The Bertz CT molecular complexity index is 1240. The Balaban J connectivity index is 1.21. The third-order valence-corrected chi connectivity index (χ3v) is 6.93. The second kappa shape index (κ2) is 8.22. The van der Waals surface area contributed by atoms with Crippen LogP contribution in [0.3, 0.4) is 0 Å². The molecule has 0 spiro atoms. The number of pyridine rings is 3. The van der Waals surface area contributed by atoms with Crippen molar-refractivity contribution in [1.29, 1.82) is 0 Å². The van der Waals surface area contributed by atoms with Crippen molar-refractivity contribution < 1.29 is 0 Å². The van der Waals surface area contributed by atoms with Crippen LogP contribution in [0.4, 0.5) is 0 Å². The van der Waals surface area contributed by atoms with Crippen LogP contribution in [0, 0.1) is 6.92 Å². The Morgan fingerprint density at radius 3 is 2.61 bits per heavy atom. The summed E-state index contributed by atoms with van der Waals surface area (Å²) in [5.74, 6) is 0. The monoisotopic (exact) mass is 439 g/mol. The summed E-state index contributed by atoms with van der Waals surface area (Å²) in [6, 6.07) is 9.35. The van der Waals surface area contributed by atoms with Crippen molar-refractivity contribution in [2.24, 2.45) is 0 Å². The fraction of sp³-hybridized carbons (Fsp3) is 0.435. The lowest BCUT2D eigenvalue weighted by molar-refractivity contribution is 0.171. The van der Waals surface area contributed by atoms with Crippen molar-refractivity contribution in [3.8, 4) is 0 Å². The smallest absolute Gasteiger partial charge is 0.252 e. The molecule has 3 aromatic rings. The summed E-state index contributed by atoms with van der Waals surface area (Å²) in [7, 11) is 0. The van der Waals surface area contributed by atoms with Crippen LogP contribution in [0.1, 0.15) is 30.0 Å². The standard InChI is InChI=1S/C23H26ClN5O2/c1-15-10-16(12-26-22(15)24)11-25-18-6-8-27(9-7-18)13-19-14-28-20(30)4-2-17-3-5-21(31)29(19)23(17)28/h2-5,10,12,18-19,25H,6-9,11,13-14H2,1H3. The van der Waals surface area contributed by atoms with Crippen LogP contribution in [0.2, 0.25) is 5.15 Å². The quantitative estimate of drug-likeness (QED) is 0.618. The molecule has 1 N–H and O–H groups in total. The Hall–Kier alpha value is -2.48. The minimum absolute atomic E-state index is 0.000994. The van der Waals surface area contributed by atoms with E-state index in [-0.39, 0.29) is 17.2 Å². The summed E-state index contributed by atoms with van der Waals surface area (Å²) in [5.41, 5.74) is 2.83. The molecule has 2 aliphatic heterocycles. The topological polar surface area (TPSA) is 72.2 Å². The zero-order valence-electron chi connectivity index (χ0n) is 17.6. The first kappa shape index (κ1) is 20.4. The highest BCUT2D eigenvalue weighted by atomic mass is 35.5. The third kappa shape index (κ3) is 3.93. The fourth-order valence-corrected chi connectivity index (χ4v) is 4.99. The van der Waals surface area contributed by atoms with Crippen molar-refractivity contribution in [3.63, 3.8) is 0 Å². The Kier molecular flexibility index (Phi) is 5.42. The van der Waals surface area contributed by atoms with Gasteiger partial charge in [-0.2, -0.15) is 0 Å². The van der Waals surface area contributed by atoms with E-state index >= 15 is 0 Å². The minimum Gasteiger partial charge on any atom is -0.310 e. The van der Waals surface area contributed by atoms with Gasteiger partial charge in [0.1, 0.15) is 10.8 Å². The first-order chi connectivity index (χ1) is 15.0. The molecule has 1 atom stereocenters. The number of likely N-dealkylation sites (tertiary alicyclic amines) is 1. The van der Waals surface area contributed by atoms with E-state index in [1.54, 1.807) is 28.8 Å². The highest BCUT2D eigenvalue weighted by Gasteiger charge is 2.29. The van der Waals surface area contributed by atoms with Crippen LogP contribution >= 0.6 is 11.6 Å². The van der Waals surface area contributed by atoms with Gasteiger partial charge in [0.05, 0.1) is 6.04 Å². The lowest BCUT2D eigenvalue weighted by Gasteiger charge is -2.34. The van der Waals surface area contributed by atoms with Gasteiger partial charge in [0, 0.05) is 49.4 Å². The van der Waals surface area contributed by atoms with Gasteiger partial charge in [-0.05, 0) is 56.1 Å². The van der Waals surface area contributed by atoms with Crippen molar-refractivity contribution in [2.45, 2.75) is 44.9 Å². The van der Waals surface area contributed by atoms with Gasteiger partial charge in [0.15, 0.2) is 0 Å². The van der Waals surface area contributed by atoms with E-state index in [4.69, 9.17) is 11.6 Å². The molecule has 0 aliphatic carbocycles. The Labute approximate surface area is 185 Å². The van der Waals surface area contributed by atoms with E-state index < -0.39 is 0 Å². The molecular formula is C23H26ClN5O2. The number of nitrogens with one attached hydrogen (secondary N) is 1. The maximum atomic E-state index is 12.6. The van der Waals surface area contributed by atoms with Crippen LogP contribution < -0.4 is 16.4 Å². The molecule has 0 amide bonds. The van der Waals surface area contributed by atoms with E-state index in [1.165, 1.54) is 0 Å². The average molecular weight is 440 g/mol. The van der Waals surface area contributed by atoms with Crippen LogP contribution in [0.15, 0.2) is 46.1 Å². The lowest BCUT2D eigenvalue weighted by atomic mass is 10.0. The van der Waals surface area contributed by atoms with E-state index in [2.05, 4.69) is 21.3 Å². The van der Waals surface area contributed by atoms with Gasteiger partial charge in [-0.25, -0.2) is 4.98 Å². The number of aryl methyl sites for hydroxylation is 1. The van der Waals surface area contributed by atoms with Crippen molar-refractivity contribution >= 4 is 22.6 Å². The van der Waals surface area contributed by atoms with Gasteiger partial charge in [-0.3, -0.25) is 18.7 Å². The Morgan fingerprint density at radius 1 is 1.13 bits per heavy atom. The van der Waals surface area contributed by atoms with Crippen molar-refractivity contribution in [3.05, 3.63) is 73.5 Å². The van der Waals surface area contributed by atoms with Gasteiger partial charge in [-0.15, -0.1) is 0 Å². The molecule has 1 fully saturated rings. The van der Waals surface area contributed by atoms with Crippen molar-refractivity contribution in [2.75, 3.05) is 19.6 Å². The predicted molar refractivity (Wildman–Crippen MR) is 122 cm³/mol. The first-order valence-electron chi connectivity index (χ1n) is 10.8. The molecule has 3 aromatic heterocycles. The zero-order valence-corrected chi connectivity index (χ0v) is 18.3. The molecule has 0 aromatic carbocycles.